The number of nitrogens with zero attached hydrogens (tertiary/aromatic N) is 2. The lowest BCUT2D eigenvalue weighted by molar-refractivity contribution is -0.385. The number of rotatable bonds is 6. The second-order valence-electron chi connectivity index (χ2n) is 12.4. The summed E-state index contributed by atoms with van der Waals surface area (Å²) in [5.74, 6) is -3.81. The molecule has 3 fully saturated rings. The summed E-state index contributed by atoms with van der Waals surface area (Å²) in [5.41, 5.74) is 0.0312. The molecule has 8 rings (SSSR count). The zero-order chi connectivity index (χ0) is 33.6. The minimum atomic E-state index is -4.66. The topological polar surface area (TPSA) is 123 Å². The summed E-state index contributed by atoms with van der Waals surface area (Å²) in [4.78, 5) is 56.3. The highest BCUT2D eigenvalue weighted by atomic mass is 35.5. The third kappa shape index (κ3) is 4.86. The second kappa shape index (κ2) is 11.2. The minimum absolute atomic E-state index is 0.124. The van der Waals surface area contributed by atoms with Gasteiger partial charge in [0.15, 0.2) is 0 Å². The molecule has 9 nitrogen and oxygen atoms in total. The van der Waals surface area contributed by atoms with Gasteiger partial charge in [-0.25, -0.2) is 0 Å². The first-order chi connectivity index (χ1) is 22.9. The molecule has 1 saturated heterocycles. The number of hydrogen-bond donors (Lipinski definition) is 1. The number of imide groups is 1. The molecular weight excluding hydrogens is 691 g/mol. The SMILES string of the molecule is O=C1C2C(C(=O)N1c1cccc(C(F)(F)F)c1)[C@@H]1C[C@H]2C2Sc3[nH]c(=O)sc3C(c3cc([N+](=O)[O-])ccc3OCc3ccc(Cl)cc3)C21. The number of halogens is 4. The van der Waals surface area contributed by atoms with Crippen LogP contribution in [0.1, 0.15) is 33.9 Å². The van der Waals surface area contributed by atoms with Crippen LogP contribution in [-0.4, -0.2) is 27.0 Å². The molecule has 2 saturated carbocycles. The van der Waals surface area contributed by atoms with Crippen molar-refractivity contribution in [2.45, 2.75) is 35.4 Å². The maximum Gasteiger partial charge on any atom is 0.416 e. The lowest BCUT2D eigenvalue weighted by Crippen LogP contribution is -2.42. The Kier molecular flexibility index (Phi) is 7.27. The molecule has 4 aromatic rings. The first-order valence-corrected chi connectivity index (χ1v) is 17.1. The van der Waals surface area contributed by atoms with Crippen LogP contribution in [0.15, 0.2) is 76.6 Å². The zero-order valence-corrected chi connectivity index (χ0v) is 26.9. The Labute approximate surface area is 283 Å². The molecule has 5 unspecified atom stereocenters. The molecule has 2 aliphatic carbocycles. The summed E-state index contributed by atoms with van der Waals surface area (Å²) in [5, 5.41) is 12.9. The number of nitrogens with one attached hydrogen (secondary N) is 1. The maximum absolute atomic E-state index is 14.0. The highest BCUT2D eigenvalue weighted by Crippen LogP contribution is 2.69. The van der Waals surface area contributed by atoms with E-state index in [9.17, 15) is 37.7 Å². The van der Waals surface area contributed by atoms with Crippen LogP contribution in [-0.2, 0) is 22.4 Å². The van der Waals surface area contributed by atoms with Crippen LogP contribution < -0.4 is 14.5 Å². The van der Waals surface area contributed by atoms with Crippen LogP contribution in [0.4, 0.5) is 24.5 Å². The molecule has 246 valence electrons. The fourth-order valence-corrected chi connectivity index (χ4v) is 11.2. The Morgan fingerprint density at radius 1 is 1.00 bits per heavy atom. The number of benzene rings is 3. The Bertz CT molecular complexity index is 2070. The summed E-state index contributed by atoms with van der Waals surface area (Å²) < 4.78 is 46.9. The smallest absolute Gasteiger partial charge is 0.416 e. The van der Waals surface area contributed by atoms with Crippen molar-refractivity contribution in [3.05, 3.63) is 113 Å². The lowest BCUT2D eigenvalue weighted by Gasteiger charge is -2.43. The average molecular weight is 714 g/mol. The number of non-ortho nitro benzene ring substituents is 1. The van der Waals surface area contributed by atoms with Crippen LogP contribution >= 0.6 is 34.7 Å². The minimum Gasteiger partial charge on any atom is -0.489 e. The molecule has 2 amide bonds. The van der Waals surface area contributed by atoms with Crippen molar-refractivity contribution in [2.75, 3.05) is 4.90 Å². The van der Waals surface area contributed by atoms with E-state index in [1.165, 1.54) is 42.1 Å². The molecule has 0 radical (unpaired) electrons. The van der Waals surface area contributed by atoms with E-state index in [0.29, 0.717) is 32.7 Å². The molecule has 48 heavy (non-hydrogen) atoms. The van der Waals surface area contributed by atoms with Gasteiger partial charge in [0.1, 0.15) is 12.4 Å². The number of carbonyl (C=O) groups is 2. The average Bonchev–Trinajstić information content (AvgIpc) is 3.79. The first-order valence-electron chi connectivity index (χ1n) is 15.0. The predicted octanol–water partition coefficient (Wildman–Crippen LogP) is 7.27. The van der Waals surface area contributed by atoms with Crippen molar-refractivity contribution in [3.8, 4) is 5.75 Å². The molecule has 7 atom stereocenters. The van der Waals surface area contributed by atoms with Gasteiger partial charge >= 0.3 is 11.0 Å². The Morgan fingerprint density at radius 3 is 2.44 bits per heavy atom. The van der Waals surface area contributed by atoms with Crippen LogP contribution in [0.5, 0.6) is 5.75 Å². The number of nitro groups is 1. The van der Waals surface area contributed by atoms with Crippen molar-refractivity contribution in [1.82, 2.24) is 4.98 Å². The Hall–Kier alpha value is -4.14. The third-order valence-corrected chi connectivity index (χ3v) is 12.8. The maximum atomic E-state index is 14.0. The molecule has 15 heteroatoms. The van der Waals surface area contributed by atoms with E-state index in [-0.39, 0.29) is 45.9 Å². The number of ether oxygens (including phenoxy) is 1. The van der Waals surface area contributed by atoms with Crippen molar-refractivity contribution in [2.24, 2.45) is 29.6 Å². The van der Waals surface area contributed by atoms with Gasteiger partial charge in [0, 0.05) is 38.8 Å². The van der Waals surface area contributed by atoms with Gasteiger partial charge in [-0.05, 0) is 66.1 Å². The second-order valence-corrected chi connectivity index (χ2v) is 15.1. The number of thioether (sulfide) groups is 1. The molecule has 1 N–H and O–H groups in total. The van der Waals surface area contributed by atoms with Crippen molar-refractivity contribution < 1.29 is 32.4 Å². The molecular formula is C33H23ClF3N3O6S2. The highest BCUT2D eigenvalue weighted by Gasteiger charge is 2.70. The summed E-state index contributed by atoms with van der Waals surface area (Å²) in [7, 11) is 0. The summed E-state index contributed by atoms with van der Waals surface area (Å²) >= 11 is 8.46. The van der Waals surface area contributed by atoms with Crippen molar-refractivity contribution in [3.63, 3.8) is 0 Å². The highest BCUT2D eigenvalue weighted by molar-refractivity contribution is 8.00. The number of fused-ring (bicyclic) bond motifs is 9. The van der Waals surface area contributed by atoms with Gasteiger partial charge in [-0.3, -0.25) is 29.4 Å². The molecule has 3 aromatic carbocycles. The fraction of sp³-hybridized carbons (Fsp3) is 0.303. The summed E-state index contributed by atoms with van der Waals surface area (Å²) in [6.45, 7) is 0.128. The molecule has 1 aromatic heterocycles. The standard InChI is InChI=1S/C33H23ClF3N3O6S2/c34-16-6-4-14(5-7-16)13-46-22-9-8-18(40(44)45)11-19(22)23-24-20-12-21(27(24)47-29-28(23)48-32(43)38-29)26-25(20)30(41)39(31(26)42)17-3-1-2-15(10-17)33(35,36)37/h1-11,20-21,23-27H,12-13H2,(H,38,43)/t20-,21-,23?,24?,25?,26?,27?/m1/s1. The van der Waals surface area contributed by atoms with Gasteiger partial charge in [0.2, 0.25) is 11.8 Å². The van der Waals surface area contributed by atoms with Gasteiger partial charge in [-0.1, -0.05) is 41.1 Å². The van der Waals surface area contributed by atoms with E-state index in [4.69, 9.17) is 16.3 Å². The van der Waals surface area contributed by atoms with Gasteiger partial charge in [-0.2, -0.15) is 13.2 Å². The lowest BCUT2D eigenvalue weighted by atomic mass is 9.68. The monoisotopic (exact) mass is 713 g/mol. The van der Waals surface area contributed by atoms with Gasteiger partial charge in [0.25, 0.3) is 5.69 Å². The Morgan fingerprint density at radius 2 is 1.73 bits per heavy atom. The fourth-order valence-electron chi connectivity index (χ4n) is 8.21. The third-order valence-electron chi connectivity index (χ3n) is 10.0. The quantitative estimate of drug-likeness (QED) is 0.127. The molecule has 4 aliphatic rings. The normalized spacial score (nSPS) is 27.2. The van der Waals surface area contributed by atoms with E-state index >= 15 is 0 Å². The van der Waals surface area contributed by atoms with E-state index in [0.717, 1.165) is 33.9 Å². The number of alkyl halides is 3. The van der Waals surface area contributed by atoms with Crippen LogP contribution in [0.2, 0.25) is 5.02 Å². The molecule has 3 heterocycles. The summed E-state index contributed by atoms with van der Waals surface area (Å²) in [6.07, 6.45) is -4.13. The number of hydrogen-bond acceptors (Lipinski definition) is 8. The van der Waals surface area contributed by atoms with Gasteiger partial charge < -0.3 is 9.72 Å². The molecule has 2 bridgehead atoms. The zero-order valence-electron chi connectivity index (χ0n) is 24.5. The number of amides is 2. The number of aromatic amines is 1. The van der Waals surface area contributed by atoms with Crippen LogP contribution in [0.25, 0.3) is 0 Å². The molecule has 2 aliphatic heterocycles. The van der Waals surface area contributed by atoms with E-state index < -0.39 is 46.2 Å². The van der Waals surface area contributed by atoms with Crippen LogP contribution in [0.3, 0.4) is 0 Å². The van der Waals surface area contributed by atoms with Gasteiger partial charge in [-0.15, -0.1) is 11.8 Å². The number of aromatic nitrogens is 1. The van der Waals surface area contributed by atoms with Crippen LogP contribution in [0, 0.1) is 39.7 Å². The van der Waals surface area contributed by atoms with E-state index in [1.807, 2.05) is 0 Å². The predicted molar refractivity (Wildman–Crippen MR) is 171 cm³/mol. The number of anilines is 1. The van der Waals surface area contributed by atoms with Gasteiger partial charge in [0.05, 0.1) is 33.0 Å². The number of H-pyrrole nitrogens is 1. The molecule has 0 spiro atoms. The number of nitro benzene ring substituents is 1. The van der Waals surface area contributed by atoms with Crippen molar-refractivity contribution >= 4 is 57.9 Å². The summed E-state index contributed by atoms with van der Waals surface area (Å²) in [6, 6.07) is 15.6. The van der Waals surface area contributed by atoms with Crippen molar-refractivity contribution in [1.29, 1.82) is 0 Å². The largest absolute Gasteiger partial charge is 0.489 e. The number of thiazole rings is 1. The van der Waals surface area contributed by atoms with E-state index in [2.05, 4.69) is 4.98 Å². The van der Waals surface area contributed by atoms with E-state index in [1.54, 1.807) is 24.3 Å². The number of carbonyl (C=O) groups excluding carboxylic acids is 2. The first kappa shape index (κ1) is 31.1. The Balaban J connectivity index is 1.21.